The van der Waals surface area contributed by atoms with Gasteiger partial charge in [0.1, 0.15) is 0 Å². The summed E-state index contributed by atoms with van der Waals surface area (Å²) in [6, 6.07) is 11.4. The number of β-amino-alcohol motifs (C(OH)–C–C–N with tert-alkyl or cyclic N) is 1. The highest BCUT2D eigenvalue weighted by atomic mass is 16.3. The predicted molar refractivity (Wildman–Crippen MR) is 70.7 cm³/mol. The second-order valence-corrected chi connectivity index (χ2v) is 5.19. The second kappa shape index (κ2) is 4.24. The summed E-state index contributed by atoms with van der Waals surface area (Å²) in [6.07, 6.45) is 1.52. The Morgan fingerprint density at radius 2 is 1.95 bits per heavy atom. The molecule has 0 unspecified atom stereocenters. The van der Waals surface area contributed by atoms with Gasteiger partial charge in [-0.15, -0.1) is 0 Å². The van der Waals surface area contributed by atoms with Crippen molar-refractivity contribution in [3.8, 4) is 11.1 Å². The molecule has 1 aromatic heterocycles. The summed E-state index contributed by atoms with van der Waals surface area (Å²) in [5, 5.41) is 9.69. The van der Waals surface area contributed by atoms with E-state index in [9.17, 15) is 9.90 Å². The maximum Gasteiger partial charge on any atom is 0.290 e. The monoisotopic (exact) mass is 257 g/mol. The highest BCUT2D eigenvalue weighted by Gasteiger charge is 2.41. The minimum Gasteiger partial charge on any atom is -0.459 e. The number of nitrogens with zero attached hydrogens (tertiary/aromatic N) is 1. The van der Waals surface area contributed by atoms with Crippen molar-refractivity contribution in [3.05, 3.63) is 48.4 Å². The Morgan fingerprint density at radius 3 is 2.58 bits per heavy atom. The van der Waals surface area contributed by atoms with E-state index in [1.54, 1.807) is 17.9 Å². The molecule has 0 bridgehead atoms. The van der Waals surface area contributed by atoms with E-state index >= 15 is 0 Å². The van der Waals surface area contributed by atoms with E-state index in [0.717, 1.165) is 11.1 Å². The molecule has 1 N–H and O–H groups in total. The highest BCUT2D eigenvalue weighted by Crippen LogP contribution is 2.29. The fourth-order valence-corrected chi connectivity index (χ4v) is 2.38. The average Bonchev–Trinajstić information content (AvgIpc) is 2.85. The van der Waals surface area contributed by atoms with Gasteiger partial charge in [-0.05, 0) is 18.6 Å². The van der Waals surface area contributed by atoms with Crippen molar-refractivity contribution in [2.45, 2.75) is 12.5 Å². The van der Waals surface area contributed by atoms with Crippen molar-refractivity contribution in [2.75, 3.05) is 13.1 Å². The second-order valence-electron chi connectivity index (χ2n) is 5.19. The van der Waals surface area contributed by atoms with Gasteiger partial charge >= 0.3 is 0 Å². The predicted octanol–water partition coefficient (Wildman–Crippen LogP) is 2.15. The smallest absolute Gasteiger partial charge is 0.290 e. The first-order valence-corrected chi connectivity index (χ1v) is 6.21. The Bertz CT molecular complexity index is 593. The Labute approximate surface area is 111 Å². The first-order chi connectivity index (χ1) is 9.07. The van der Waals surface area contributed by atoms with Crippen molar-refractivity contribution < 1.29 is 14.3 Å². The molecule has 4 nitrogen and oxygen atoms in total. The number of rotatable bonds is 2. The topological polar surface area (TPSA) is 53.7 Å². The minimum absolute atomic E-state index is 0.171. The first-order valence-electron chi connectivity index (χ1n) is 6.21. The first kappa shape index (κ1) is 12.0. The summed E-state index contributed by atoms with van der Waals surface area (Å²) < 4.78 is 5.33. The van der Waals surface area contributed by atoms with Gasteiger partial charge in [0, 0.05) is 5.56 Å². The normalized spacial score (nSPS) is 17.1. The molecule has 0 atom stereocenters. The largest absolute Gasteiger partial charge is 0.459 e. The third-order valence-corrected chi connectivity index (χ3v) is 3.29. The van der Waals surface area contributed by atoms with Crippen molar-refractivity contribution in [3.63, 3.8) is 0 Å². The number of hydrogen-bond donors (Lipinski definition) is 1. The van der Waals surface area contributed by atoms with E-state index in [0.29, 0.717) is 18.8 Å². The molecule has 1 amide bonds. The van der Waals surface area contributed by atoms with Crippen molar-refractivity contribution >= 4 is 5.91 Å². The quantitative estimate of drug-likeness (QED) is 0.897. The van der Waals surface area contributed by atoms with Gasteiger partial charge in [0.25, 0.3) is 5.91 Å². The van der Waals surface area contributed by atoms with Gasteiger partial charge in [0.15, 0.2) is 5.76 Å². The maximum atomic E-state index is 12.3. The van der Waals surface area contributed by atoms with Gasteiger partial charge in [-0.3, -0.25) is 4.79 Å². The lowest BCUT2D eigenvalue weighted by atomic mass is 9.96. The Balaban J connectivity index is 1.87. The number of carbonyl (C=O) groups is 1. The number of likely N-dealkylation sites (tertiary alicyclic amines) is 1. The van der Waals surface area contributed by atoms with Crippen LogP contribution in [0.4, 0.5) is 0 Å². The van der Waals surface area contributed by atoms with Crippen molar-refractivity contribution in [1.29, 1.82) is 0 Å². The molecule has 3 rings (SSSR count). The molecule has 0 radical (unpaired) electrons. The number of furan rings is 1. The fourth-order valence-electron chi connectivity index (χ4n) is 2.38. The Kier molecular flexibility index (Phi) is 2.68. The molecule has 0 aliphatic carbocycles. The molecule has 1 aliphatic heterocycles. The molecule has 2 heterocycles. The highest BCUT2D eigenvalue weighted by molar-refractivity contribution is 5.98. The van der Waals surface area contributed by atoms with E-state index in [1.807, 2.05) is 30.3 Å². The van der Waals surface area contributed by atoms with Gasteiger partial charge in [0.05, 0.1) is 25.0 Å². The van der Waals surface area contributed by atoms with Gasteiger partial charge in [-0.1, -0.05) is 30.3 Å². The molecule has 1 aromatic carbocycles. The lowest BCUT2D eigenvalue weighted by Crippen LogP contribution is -2.61. The summed E-state index contributed by atoms with van der Waals surface area (Å²) in [5.41, 5.74) is 0.971. The van der Waals surface area contributed by atoms with Crippen LogP contribution in [-0.4, -0.2) is 34.6 Å². The van der Waals surface area contributed by atoms with E-state index in [4.69, 9.17) is 4.42 Å². The molecule has 1 fully saturated rings. The van der Waals surface area contributed by atoms with Gasteiger partial charge in [-0.2, -0.15) is 0 Å². The lowest BCUT2D eigenvalue weighted by molar-refractivity contribution is -0.0677. The Hall–Kier alpha value is -2.07. The van der Waals surface area contributed by atoms with Crippen LogP contribution >= 0.6 is 0 Å². The van der Waals surface area contributed by atoms with Crippen LogP contribution < -0.4 is 0 Å². The molecule has 1 saturated heterocycles. The van der Waals surface area contributed by atoms with Crippen LogP contribution in [0.3, 0.4) is 0 Å². The molecule has 1 aliphatic rings. The molecular weight excluding hydrogens is 242 g/mol. The van der Waals surface area contributed by atoms with Crippen LogP contribution in [0.5, 0.6) is 0 Å². The average molecular weight is 257 g/mol. The Morgan fingerprint density at radius 1 is 1.26 bits per heavy atom. The lowest BCUT2D eigenvalue weighted by Gasteiger charge is -2.43. The molecule has 19 heavy (non-hydrogen) atoms. The zero-order chi connectivity index (χ0) is 13.5. The number of aliphatic hydroxyl groups is 1. The zero-order valence-electron chi connectivity index (χ0n) is 10.7. The third kappa shape index (κ3) is 2.15. The number of amides is 1. The molecule has 0 saturated carbocycles. The van der Waals surface area contributed by atoms with Crippen molar-refractivity contribution in [1.82, 2.24) is 4.90 Å². The minimum atomic E-state index is -0.769. The van der Waals surface area contributed by atoms with Gasteiger partial charge in [-0.25, -0.2) is 0 Å². The SMILES string of the molecule is CC1(O)CN(C(=O)c2occc2-c2ccccc2)C1. The summed E-state index contributed by atoms with van der Waals surface area (Å²) in [6.45, 7) is 2.42. The summed E-state index contributed by atoms with van der Waals surface area (Å²) in [5.74, 6) is 0.164. The van der Waals surface area contributed by atoms with Crippen LogP contribution in [0.15, 0.2) is 47.1 Å². The molecular formula is C15H15NO3. The summed E-state index contributed by atoms with van der Waals surface area (Å²) in [7, 11) is 0. The molecule has 4 heteroatoms. The molecule has 98 valence electrons. The summed E-state index contributed by atoms with van der Waals surface area (Å²) >= 11 is 0. The number of benzene rings is 1. The van der Waals surface area contributed by atoms with Crippen LogP contribution in [0.25, 0.3) is 11.1 Å². The van der Waals surface area contributed by atoms with E-state index in [2.05, 4.69) is 0 Å². The van der Waals surface area contributed by atoms with Crippen LogP contribution in [-0.2, 0) is 0 Å². The van der Waals surface area contributed by atoms with Gasteiger partial charge in [0.2, 0.25) is 0 Å². The fraction of sp³-hybridized carbons (Fsp3) is 0.267. The molecule has 0 spiro atoms. The van der Waals surface area contributed by atoms with Crippen LogP contribution in [0.2, 0.25) is 0 Å². The van der Waals surface area contributed by atoms with Crippen molar-refractivity contribution in [2.24, 2.45) is 0 Å². The third-order valence-electron chi connectivity index (χ3n) is 3.29. The number of carbonyl (C=O) groups excluding carboxylic acids is 1. The maximum absolute atomic E-state index is 12.3. The molecule has 2 aromatic rings. The summed E-state index contributed by atoms with van der Waals surface area (Å²) in [4.78, 5) is 13.9. The van der Waals surface area contributed by atoms with Crippen LogP contribution in [0.1, 0.15) is 17.5 Å². The van der Waals surface area contributed by atoms with E-state index in [1.165, 1.54) is 6.26 Å². The van der Waals surface area contributed by atoms with E-state index < -0.39 is 5.60 Å². The van der Waals surface area contributed by atoms with E-state index in [-0.39, 0.29) is 5.91 Å². The number of hydrogen-bond acceptors (Lipinski definition) is 3. The van der Waals surface area contributed by atoms with Crippen LogP contribution in [0, 0.1) is 0 Å². The zero-order valence-corrected chi connectivity index (χ0v) is 10.7. The van der Waals surface area contributed by atoms with Gasteiger partial charge < -0.3 is 14.4 Å². The standard InChI is InChI=1S/C15H15NO3/c1-15(18)9-16(10-15)14(17)13-12(7-8-19-13)11-5-3-2-4-6-11/h2-8,18H,9-10H2,1H3.